The molecule has 0 atom stereocenters. The molecular weight excluding hydrogens is 232 g/mol. The standard InChI is InChI=1S/C14H18O4/c1-11(9-10-18-14(16)17-2)7-8-12-5-3-4-6-13(12)15/h3-6,9,15H,7-8,10H2,1-2H3/b11-9-. The number of hydrogen-bond acceptors (Lipinski definition) is 4. The fourth-order valence-electron chi connectivity index (χ4n) is 1.47. The quantitative estimate of drug-likeness (QED) is 0.644. The van der Waals surface area contributed by atoms with Crippen molar-refractivity contribution in [3.63, 3.8) is 0 Å². The predicted molar refractivity (Wildman–Crippen MR) is 68.5 cm³/mol. The van der Waals surface area contributed by atoms with Gasteiger partial charge in [0.2, 0.25) is 0 Å². The number of hydrogen-bond donors (Lipinski definition) is 1. The summed E-state index contributed by atoms with van der Waals surface area (Å²) >= 11 is 0. The molecule has 0 aliphatic rings. The third kappa shape index (κ3) is 4.91. The van der Waals surface area contributed by atoms with Crippen LogP contribution in [0.1, 0.15) is 18.9 Å². The van der Waals surface area contributed by atoms with Crippen molar-refractivity contribution in [2.75, 3.05) is 13.7 Å². The summed E-state index contributed by atoms with van der Waals surface area (Å²) in [7, 11) is 1.27. The molecule has 0 saturated carbocycles. The molecule has 0 amide bonds. The lowest BCUT2D eigenvalue weighted by Crippen LogP contribution is -2.04. The van der Waals surface area contributed by atoms with Gasteiger partial charge in [-0.3, -0.25) is 0 Å². The van der Waals surface area contributed by atoms with Crippen molar-refractivity contribution in [2.24, 2.45) is 0 Å². The van der Waals surface area contributed by atoms with E-state index in [1.54, 1.807) is 12.1 Å². The van der Waals surface area contributed by atoms with Gasteiger partial charge in [-0.25, -0.2) is 4.79 Å². The molecule has 0 radical (unpaired) electrons. The molecule has 1 aromatic rings. The van der Waals surface area contributed by atoms with Gasteiger partial charge < -0.3 is 14.6 Å². The van der Waals surface area contributed by atoms with Gasteiger partial charge in [0.25, 0.3) is 0 Å². The number of para-hydroxylation sites is 1. The van der Waals surface area contributed by atoms with Crippen LogP contribution >= 0.6 is 0 Å². The maximum atomic E-state index is 10.7. The van der Waals surface area contributed by atoms with Crippen molar-refractivity contribution in [3.05, 3.63) is 41.5 Å². The van der Waals surface area contributed by atoms with Crippen LogP contribution in [-0.4, -0.2) is 25.0 Å². The molecule has 1 rings (SSSR count). The zero-order valence-corrected chi connectivity index (χ0v) is 10.7. The second-order valence-electron chi connectivity index (χ2n) is 3.94. The molecule has 0 aliphatic heterocycles. The molecular formula is C14H18O4. The van der Waals surface area contributed by atoms with E-state index in [4.69, 9.17) is 4.74 Å². The Labute approximate surface area is 107 Å². The Balaban J connectivity index is 2.37. The first-order chi connectivity index (χ1) is 8.63. The summed E-state index contributed by atoms with van der Waals surface area (Å²) in [6, 6.07) is 7.27. The summed E-state index contributed by atoms with van der Waals surface area (Å²) in [4.78, 5) is 10.7. The van der Waals surface area contributed by atoms with E-state index in [1.807, 2.05) is 25.1 Å². The Bertz CT molecular complexity index is 424. The lowest BCUT2D eigenvalue weighted by molar-refractivity contribution is 0.0816. The highest BCUT2D eigenvalue weighted by molar-refractivity contribution is 5.59. The van der Waals surface area contributed by atoms with Gasteiger partial charge in [0.15, 0.2) is 0 Å². The van der Waals surface area contributed by atoms with Gasteiger partial charge in [-0.2, -0.15) is 0 Å². The van der Waals surface area contributed by atoms with E-state index in [1.165, 1.54) is 7.11 Å². The number of ether oxygens (including phenoxy) is 2. The van der Waals surface area contributed by atoms with Gasteiger partial charge >= 0.3 is 6.16 Å². The van der Waals surface area contributed by atoms with Gasteiger partial charge in [0.1, 0.15) is 12.4 Å². The normalized spacial score (nSPS) is 11.1. The number of phenols is 1. The van der Waals surface area contributed by atoms with Gasteiger partial charge in [0.05, 0.1) is 7.11 Å². The van der Waals surface area contributed by atoms with Crippen molar-refractivity contribution in [3.8, 4) is 5.75 Å². The average Bonchev–Trinajstić information content (AvgIpc) is 2.37. The summed E-state index contributed by atoms with van der Waals surface area (Å²) in [6.07, 6.45) is 2.71. The fraction of sp³-hybridized carbons (Fsp3) is 0.357. The van der Waals surface area contributed by atoms with E-state index in [0.29, 0.717) is 5.75 Å². The minimum absolute atomic E-state index is 0.208. The Kier molecular flexibility index (Phi) is 5.77. The summed E-state index contributed by atoms with van der Waals surface area (Å²) in [5, 5.41) is 9.60. The van der Waals surface area contributed by atoms with Crippen molar-refractivity contribution in [1.29, 1.82) is 0 Å². The monoisotopic (exact) mass is 250 g/mol. The smallest absolute Gasteiger partial charge is 0.508 e. The largest absolute Gasteiger partial charge is 0.508 e. The highest BCUT2D eigenvalue weighted by atomic mass is 16.7. The highest BCUT2D eigenvalue weighted by Gasteiger charge is 2.01. The average molecular weight is 250 g/mol. The Morgan fingerprint density at radius 2 is 2.11 bits per heavy atom. The van der Waals surface area contributed by atoms with E-state index in [9.17, 15) is 9.90 Å². The molecule has 98 valence electrons. The first-order valence-corrected chi connectivity index (χ1v) is 5.76. The van der Waals surface area contributed by atoms with Gasteiger partial charge in [0, 0.05) is 0 Å². The van der Waals surface area contributed by atoms with Crippen LogP contribution in [0.3, 0.4) is 0 Å². The maximum Gasteiger partial charge on any atom is 0.508 e. The van der Waals surface area contributed by atoms with Gasteiger partial charge in [-0.1, -0.05) is 23.8 Å². The maximum absolute atomic E-state index is 10.7. The van der Waals surface area contributed by atoms with Crippen LogP contribution in [0.2, 0.25) is 0 Å². The molecule has 0 unspecified atom stereocenters. The molecule has 18 heavy (non-hydrogen) atoms. The van der Waals surface area contributed by atoms with E-state index in [-0.39, 0.29) is 6.61 Å². The number of methoxy groups -OCH3 is 1. The Morgan fingerprint density at radius 1 is 1.39 bits per heavy atom. The van der Waals surface area contributed by atoms with Gasteiger partial charge in [-0.05, 0) is 37.5 Å². The first kappa shape index (κ1) is 14.1. The first-order valence-electron chi connectivity index (χ1n) is 5.76. The van der Waals surface area contributed by atoms with Crippen LogP contribution in [0.15, 0.2) is 35.9 Å². The molecule has 0 fully saturated rings. The van der Waals surface area contributed by atoms with Crippen molar-refractivity contribution in [1.82, 2.24) is 0 Å². The zero-order chi connectivity index (χ0) is 13.4. The zero-order valence-electron chi connectivity index (χ0n) is 10.7. The Morgan fingerprint density at radius 3 is 2.78 bits per heavy atom. The minimum atomic E-state index is -0.681. The minimum Gasteiger partial charge on any atom is -0.508 e. The summed E-state index contributed by atoms with van der Waals surface area (Å²) in [6.45, 7) is 2.17. The third-order valence-corrected chi connectivity index (χ3v) is 2.58. The number of aromatic hydroxyl groups is 1. The predicted octanol–water partition coefficient (Wildman–Crippen LogP) is 3.05. The number of carbonyl (C=O) groups excluding carboxylic acids is 1. The molecule has 4 heteroatoms. The Hall–Kier alpha value is -1.97. The molecule has 0 spiro atoms. The van der Waals surface area contributed by atoms with Crippen LogP contribution < -0.4 is 0 Å². The van der Waals surface area contributed by atoms with Crippen LogP contribution in [0.5, 0.6) is 5.75 Å². The summed E-state index contributed by atoms with van der Waals surface area (Å²) < 4.78 is 9.10. The molecule has 0 heterocycles. The lowest BCUT2D eigenvalue weighted by Gasteiger charge is -2.05. The van der Waals surface area contributed by atoms with E-state index in [2.05, 4.69) is 4.74 Å². The number of rotatable bonds is 5. The number of allylic oxidation sites excluding steroid dienone is 1. The van der Waals surface area contributed by atoms with Crippen LogP contribution in [0.25, 0.3) is 0 Å². The molecule has 1 N–H and O–H groups in total. The van der Waals surface area contributed by atoms with Crippen LogP contribution in [0, 0.1) is 0 Å². The molecule has 1 aromatic carbocycles. The molecule has 0 saturated heterocycles. The van der Waals surface area contributed by atoms with Crippen molar-refractivity contribution < 1.29 is 19.4 Å². The van der Waals surface area contributed by atoms with E-state index in [0.717, 1.165) is 24.0 Å². The lowest BCUT2D eigenvalue weighted by atomic mass is 10.0. The van der Waals surface area contributed by atoms with E-state index >= 15 is 0 Å². The topological polar surface area (TPSA) is 55.8 Å². The summed E-state index contributed by atoms with van der Waals surface area (Å²) in [5.74, 6) is 0.316. The van der Waals surface area contributed by atoms with Crippen molar-refractivity contribution >= 4 is 6.16 Å². The van der Waals surface area contributed by atoms with Crippen LogP contribution in [-0.2, 0) is 15.9 Å². The van der Waals surface area contributed by atoms with Crippen molar-refractivity contribution in [2.45, 2.75) is 19.8 Å². The van der Waals surface area contributed by atoms with E-state index < -0.39 is 6.16 Å². The molecule has 0 bridgehead atoms. The summed E-state index contributed by atoms with van der Waals surface area (Å²) in [5.41, 5.74) is 2.02. The van der Waals surface area contributed by atoms with Gasteiger partial charge in [-0.15, -0.1) is 0 Å². The fourth-order valence-corrected chi connectivity index (χ4v) is 1.47. The number of aryl methyl sites for hydroxylation is 1. The molecule has 4 nitrogen and oxygen atoms in total. The molecule has 0 aromatic heterocycles. The SMILES string of the molecule is COC(=O)OC/C=C(/C)CCc1ccccc1O. The third-order valence-electron chi connectivity index (χ3n) is 2.58. The molecule has 0 aliphatic carbocycles. The second kappa shape index (κ2) is 7.37. The second-order valence-corrected chi connectivity index (χ2v) is 3.94. The van der Waals surface area contributed by atoms with Crippen LogP contribution in [0.4, 0.5) is 4.79 Å². The highest BCUT2D eigenvalue weighted by Crippen LogP contribution is 2.18. The number of benzene rings is 1. The number of carbonyl (C=O) groups is 1. The number of phenolic OH excluding ortho intramolecular Hbond substituents is 1.